The van der Waals surface area contributed by atoms with Gasteiger partial charge in [0.1, 0.15) is 6.54 Å². The molecule has 0 fully saturated rings. The van der Waals surface area contributed by atoms with E-state index in [-0.39, 0.29) is 24.2 Å². The first-order valence-corrected chi connectivity index (χ1v) is 6.08. The van der Waals surface area contributed by atoms with Crippen LogP contribution in [-0.4, -0.2) is 28.5 Å². The highest BCUT2D eigenvalue weighted by Crippen LogP contribution is 2.28. The monoisotopic (exact) mass is 290 g/mol. The Bertz CT molecular complexity index is 562. The molecule has 0 aliphatic carbocycles. The molecule has 0 aliphatic rings. The molecule has 0 aliphatic heterocycles. The van der Waals surface area contributed by atoms with Crippen LogP contribution in [0.1, 0.15) is 25.1 Å². The van der Waals surface area contributed by atoms with Crippen molar-refractivity contribution >= 4 is 5.91 Å². The van der Waals surface area contributed by atoms with Gasteiger partial charge in [-0.25, -0.2) is 0 Å². The third kappa shape index (κ3) is 3.61. The topological polar surface area (TPSA) is 42.3 Å². The van der Waals surface area contributed by atoms with Gasteiger partial charge < -0.3 is 9.47 Å². The normalized spacial score (nSPS) is 11.8. The molecule has 0 unspecified atom stereocenters. The Morgan fingerprint density at radius 2 is 1.90 bits per heavy atom. The van der Waals surface area contributed by atoms with Crippen molar-refractivity contribution in [3.8, 4) is 0 Å². The SMILES string of the molecule is Cc1cc(C(F)(F)F)cc(=O)n1CC(=O)N(C)C(C)C. The third-order valence-corrected chi connectivity index (χ3v) is 3.12. The molecule has 0 saturated heterocycles. The number of amides is 1. The summed E-state index contributed by atoms with van der Waals surface area (Å²) < 4.78 is 38.7. The largest absolute Gasteiger partial charge is 0.416 e. The zero-order valence-corrected chi connectivity index (χ0v) is 11.8. The number of pyridine rings is 1. The number of aromatic nitrogens is 1. The number of alkyl halides is 3. The van der Waals surface area contributed by atoms with Crippen molar-refractivity contribution in [2.24, 2.45) is 0 Å². The van der Waals surface area contributed by atoms with Crippen molar-refractivity contribution in [1.82, 2.24) is 9.47 Å². The second-order valence-electron chi connectivity index (χ2n) is 4.91. The Hall–Kier alpha value is -1.79. The fourth-order valence-electron chi connectivity index (χ4n) is 1.63. The molecule has 0 radical (unpaired) electrons. The molecule has 0 spiro atoms. The highest BCUT2D eigenvalue weighted by atomic mass is 19.4. The molecule has 0 atom stereocenters. The predicted molar refractivity (Wildman–Crippen MR) is 68.3 cm³/mol. The Morgan fingerprint density at radius 3 is 2.30 bits per heavy atom. The first-order valence-electron chi connectivity index (χ1n) is 6.08. The van der Waals surface area contributed by atoms with Crippen molar-refractivity contribution < 1.29 is 18.0 Å². The molecule has 1 aromatic rings. The van der Waals surface area contributed by atoms with Gasteiger partial charge in [0.05, 0.1) is 5.56 Å². The summed E-state index contributed by atoms with van der Waals surface area (Å²) in [5.74, 6) is -0.329. The zero-order chi connectivity index (χ0) is 15.7. The molecular formula is C13H17F3N2O2. The van der Waals surface area contributed by atoms with Crippen LogP contribution in [0.25, 0.3) is 0 Å². The van der Waals surface area contributed by atoms with Crippen molar-refractivity contribution in [2.45, 2.75) is 39.5 Å². The van der Waals surface area contributed by atoms with Gasteiger partial charge in [0.25, 0.3) is 5.56 Å². The molecule has 1 heterocycles. The van der Waals surface area contributed by atoms with E-state index in [9.17, 15) is 22.8 Å². The molecule has 112 valence electrons. The molecule has 1 aromatic heterocycles. The van der Waals surface area contributed by atoms with Crippen molar-refractivity contribution in [2.75, 3.05) is 7.05 Å². The van der Waals surface area contributed by atoms with E-state index in [1.807, 2.05) is 0 Å². The van der Waals surface area contributed by atoms with Crippen LogP contribution in [0.15, 0.2) is 16.9 Å². The van der Waals surface area contributed by atoms with Gasteiger partial charge in [-0.05, 0) is 26.8 Å². The van der Waals surface area contributed by atoms with Gasteiger partial charge in [0.2, 0.25) is 5.91 Å². The van der Waals surface area contributed by atoms with Crippen molar-refractivity contribution in [1.29, 1.82) is 0 Å². The van der Waals surface area contributed by atoms with Crippen LogP contribution in [-0.2, 0) is 17.5 Å². The van der Waals surface area contributed by atoms with Gasteiger partial charge in [-0.2, -0.15) is 13.2 Å². The highest BCUT2D eigenvalue weighted by Gasteiger charge is 2.31. The first-order chi connectivity index (χ1) is 9.04. The first kappa shape index (κ1) is 16.3. The average Bonchev–Trinajstić information content (AvgIpc) is 2.30. The Morgan fingerprint density at radius 1 is 1.35 bits per heavy atom. The third-order valence-electron chi connectivity index (χ3n) is 3.12. The summed E-state index contributed by atoms with van der Waals surface area (Å²) in [6.07, 6.45) is -4.57. The lowest BCUT2D eigenvalue weighted by Crippen LogP contribution is -2.38. The summed E-state index contributed by atoms with van der Waals surface area (Å²) in [5.41, 5.74) is -1.72. The van der Waals surface area contributed by atoms with E-state index < -0.39 is 17.3 Å². The fourth-order valence-corrected chi connectivity index (χ4v) is 1.63. The number of carbonyl (C=O) groups is 1. The molecule has 1 rings (SSSR count). The second kappa shape index (κ2) is 5.68. The van der Waals surface area contributed by atoms with Crippen molar-refractivity contribution in [3.05, 3.63) is 33.7 Å². The molecule has 20 heavy (non-hydrogen) atoms. The Kier molecular flexibility index (Phi) is 4.62. The molecule has 1 amide bonds. The van der Waals surface area contributed by atoms with E-state index in [1.54, 1.807) is 20.9 Å². The molecule has 0 aromatic carbocycles. The molecule has 0 saturated carbocycles. The highest BCUT2D eigenvalue weighted by molar-refractivity contribution is 5.76. The summed E-state index contributed by atoms with van der Waals surface area (Å²) in [7, 11) is 1.58. The van der Waals surface area contributed by atoms with Gasteiger partial charge in [-0.3, -0.25) is 9.59 Å². The lowest BCUT2D eigenvalue weighted by atomic mass is 10.2. The smallest absolute Gasteiger partial charge is 0.342 e. The summed E-state index contributed by atoms with van der Waals surface area (Å²) in [6.45, 7) is 4.72. The number of aryl methyl sites for hydroxylation is 1. The fraction of sp³-hybridized carbons (Fsp3) is 0.538. The standard InChI is InChI=1S/C13H17F3N2O2/c1-8(2)17(4)12(20)7-18-9(3)5-10(6-11(18)19)13(14,15)16/h5-6,8H,7H2,1-4H3. The number of hydrogen-bond donors (Lipinski definition) is 0. The maximum Gasteiger partial charge on any atom is 0.416 e. The van der Waals surface area contributed by atoms with E-state index in [4.69, 9.17) is 0 Å². The van der Waals surface area contributed by atoms with Gasteiger partial charge in [0, 0.05) is 24.8 Å². The van der Waals surface area contributed by atoms with E-state index in [1.165, 1.54) is 11.8 Å². The summed E-state index contributed by atoms with van der Waals surface area (Å²) in [6, 6.07) is 1.33. The Balaban J connectivity index is 3.10. The van der Waals surface area contributed by atoms with E-state index in [2.05, 4.69) is 0 Å². The molecule has 0 N–H and O–H groups in total. The summed E-state index contributed by atoms with van der Waals surface area (Å²) in [5, 5.41) is 0. The van der Waals surface area contributed by atoms with Crippen LogP contribution in [0.3, 0.4) is 0 Å². The molecule has 7 heteroatoms. The summed E-state index contributed by atoms with van der Waals surface area (Å²) in [4.78, 5) is 25.0. The number of halogens is 3. The molecule has 0 bridgehead atoms. The van der Waals surface area contributed by atoms with Crippen LogP contribution in [0.5, 0.6) is 0 Å². The second-order valence-corrected chi connectivity index (χ2v) is 4.91. The van der Waals surface area contributed by atoms with Crippen LogP contribution in [0.2, 0.25) is 0 Å². The number of likely N-dealkylation sites (N-methyl/N-ethyl adjacent to an activating group) is 1. The quantitative estimate of drug-likeness (QED) is 0.855. The number of rotatable bonds is 3. The zero-order valence-electron chi connectivity index (χ0n) is 11.8. The predicted octanol–water partition coefficient (Wildman–Crippen LogP) is 2.04. The number of carbonyl (C=O) groups excluding carboxylic acids is 1. The van der Waals surface area contributed by atoms with Crippen LogP contribution >= 0.6 is 0 Å². The number of nitrogens with zero attached hydrogens (tertiary/aromatic N) is 2. The molecular weight excluding hydrogens is 273 g/mol. The van der Waals surface area contributed by atoms with Crippen LogP contribution in [0.4, 0.5) is 13.2 Å². The van der Waals surface area contributed by atoms with Crippen LogP contribution in [0, 0.1) is 6.92 Å². The minimum Gasteiger partial charge on any atom is -0.342 e. The van der Waals surface area contributed by atoms with Crippen LogP contribution < -0.4 is 5.56 Å². The maximum absolute atomic E-state index is 12.6. The maximum atomic E-state index is 12.6. The van der Waals surface area contributed by atoms with Gasteiger partial charge in [0.15, 0.2) is 0 Å². The lowest BCUT2D eigenvalue weighted by molar-refractivity contribution is -0.137. The van der Waals surface area contributed by atoms with Crippen molar-refractivity contribution in [3.63, 3.8) is 0 Å². The van der Waals surface area contributed by atoms with E-state index in [0.29, 0.717) is 6.07 Å². The summed E-state index contributed by atoms with van der Waals surface area (Å²) >= 11 is 0. The minimum absolute atomic E-state index is 0.0482. The Labute approximate surface area is 114 Å². The van der Waals surface area contributed by atoms with E-state index in [0.717, 1.165) is 10.6 Å². The van der Waals surface area contributed by atoms with Gasteiger partial charge in [-0.15, -0.1) is 0 Å². The molecule has 4 nitrogen and oxygen atoms in total. The van der Waals surface area contributed by atoms with Gasteiger partial charge >= 0.3 is 6.18 Å². The number of hydrogen-bond acceptors (Lipinski definition) is 2. The average molecular weight is 290 g/mol. The minimum atomic E-state index is -4.57. The lowest BCUT2D eigenvalue weighted by Gasteiger charge is -2.22. The van der Waals surface area contributed by atoms with Gasteiger partial charge in [-0.1, -0.05) is 0 Å². The van der Waals surface area contributed by atoms with E-state index >= 15 is 0 Å².